The largest absolute Gasteiger partial charge is 0.244 e. The van der Waals surface area contributed by atoms with Crippen LogP contribution in [0.1, 0.15) is 39.5 Å². The smallest absolute Gasteiger partial charge is 0.244 e. The van der Waals surface area contributed by atoms with E-state index in [1.54, 1.807) is 0 Å². The predicted octanol–water partition coefficient (Wildman–Crippen LogP) is 6.93. The molecule has 0 aliphatic heterocycles. The molecule has 0 atom stereocenters. The number of fused-ring (bicyclic) bond motifs is 8. The van der Waals surface area contributed by atoms with Crippen molar-refractivity contribution in [2.45, 2.75) is 52.6 Å². The summed E-state index contributed by atoms with van der Waals surface area (Å²) in [6.07, 6.45) is 7.02. The molecule has 164 valence electrons. The lowest BCUT2D eigenvalue weighted by atomic mass is 9.99. The Balaban J connectivity index is 1.69. The second-order valence-corrected chi connectivity index (χ2v) is 9.05. The summed E-state index contributed by atoms with van der Waals surface area (Å²) >= 11 is 0. The van der Waals surface area contributed by atoms with Crippen molar-refractivity contribution in [3.05, 3.63) is 67.0 Å². The van der Waals surface area contributed by atoms with Gasteiger partial charge in [0.15, 0.2) is 11.0 Å². The molecule has 6 aromatic rings. The zero-order chi connectivity index (χ0) is 22.4. The Morgan fingerprint density at radius 3 is 1.91 bits per heavy atom. The molecule has 0 bridgehead atoms. The van der Waals surface area contributed by atoms with E-state index in [1.807, 2.05) is 0 Å². The molecule has 4 heteroatoms. The Morgan fingerprint density at radius 1 is 0.727 bits per heavy atom. The molecule has 0 saturated carbocycles. The summed E-state index contributed by atoms with van der Waals surface area (Å²) < 4.78 is 4.80. The first-order valence-corrected chi connectivity index (χ1v) is 12.2. The van der Waals surface area contributed by atoms with Crippen molar-refractivity contribution >= 4 is 54.6 Å². The number of rotatable bonds is 6. The minimum atomic E-state index is 0.967. The van der Waals surface area contributed by atoms with Gasteiger partial charge in [-0.25, -0.2) is 19.1 Å². The van der Waals surface area contributed by atoms with Crippen LogP contribution < -0.4 is 4.57 Å². The van der Waals surface area contributed by atoms with Crippen molar-refractivity contribution in [3.8, 4) is 0 Å². The average molecular weight is 434 g/mol. The van der Waals surface area contributed by atoms with Gasteiger partial charge in [-0.3, -0.25) is 0 Å². The molecule has 0 aliphatic rings. The average Bonchev–Trinajstić information content (AvgIpc) is 3.20. The van der Waals surface area contributed by atoms with E-state index in [0.29, 0.717) is 0 Å². The molecule has 2 heterocycles. The van der Waals surface area contributed by atoms with Gasteiger partial charge in [-0.1, -0.05) is 75.2 Å². The number of hydrogen-bond acceptors (Lipinski definition) is 2. The van der Waals surface area contributed by atoms with Crippen molar-refractivity contribution in [1.82, 2.24) is 14.5 Å². The highest BCUT2D eigenvalue weighted by molar-refractivity contribution is 6.23. The van der Waals surface area contributed by atoms with Gasteiger partial charge in [-0.05, 0) is 23.6 Å². The van der Waals surface area contributed by atoms with Crippen LogP contribution in [0.3, 0.4) is 0 Å². The first-order chi connectivity index (χ1) is 16.3. The Hall–Kier alpha value is -3.53. The minimum Gasteiger partial charge on any atom is -0.244 e. The summed E-state index contributed by atoms with van der Waals surface area (Å²) in [5.74, 6) is 0. The van der Waals surface area contributed by atoms with Gasteiger partial charge in [0.05, 0.1) is 35.2 Å². The van der Waals surface area contributed by atoms with Gasteiger partial charge in [0.25, 0.3) is 0 Å². The maximum Gasteiger partial charge on any atom is 0.244 e. The van der Waals surface area contributed by atoms with Gasteiger partial charge in [-0.2, -0.15) is 0 Å². The fourth-order valence-electron chi connectivity index (χ4n) is 5.07. The van der Waals surface area contributed by atoms with Crippen LogP contribution in [-0.4, -0.2) is 14.5 Å². The van der Waals surface area contributed by atoms with Gasteiger partial charge < -0.3 is 0 Å². The molecule has 0 fully saturated rings. The molecular weight excluding hydrogens is 404 g/mol. The third kappa shape index (κ3) is 3.24. The van der Waals surface area contributed by atoms with Crippen molar-refractivity contribution in [3.63, 3.8) is 0 Å². The standard InChI is InChI=1S/C29H29N4/c1-3-5-15-32-19-33(16-6-4-2)27-18-25-24(17-26(27)32)30-28-22-13-9-7-11-20(22)21-12-8-10-14-23(21)29(28)31-25/h7-14,17-19H,3-6,15-16H2,1-2H3/q+1. The van der Waals surface area contributed by atoms with Gasteiger partial charge >= 0.3 is 0 Å². The molecule has 33 heavy (non-hydrogen) atoms. The summed E-state index contributed by atoms with van der Waals surface area (Å²) in [5, 5.41) is 4.80. The maximum atomic E-state index is 5.21. The number of nitrogens with zero attached hydrogens (tertiary/aromatic N) is 4. The van der Waals surface area contributed by atoms with Crippen LogP contribution in [0, 0.1) is 0 Å². The Kier molecular flexibility index (Phi) is 4.94. The zero-order valence-corrected chi connectivity index (χ0v) is 19.4. The number of benzene rings is 4. The van der Waals surface area contributed by atoms with Crippen LogP contribution in [0.15, 0.2) is 67.0 Å². The first-order valence-electron chi connectivity index (χ1n) is 12.2. The molecule has 0 unspecified atom stereocenters. The van der Waals surface area contributed by atoms with Gasteiger partial charge in [0.1, 0.15) is 0 Å². The van der Waals surface area contributed by atoms with Crippen molar-refractivity contribution in [2.75, 3.05) is 0 Å². The third-order valence-electron chi connectivity index (χ3n) is 6.82. The molecule has 0 spiro atoms. The maximum absolute atomic E-state index is 5.21. The normalized spacial score (nSPS) is 12.1. The molecule has 6 rings (SSSR count). The molecule has 0 aliphatic carbocycles. The monoisotopic (exact) mass is 433 g/mol. The summed E-state index contributed by atoms with van der Waals surface area (Å²) in [4.78, 5) is 10.4. The van der Waals surface area contributed by atoms with Crippen LogP contribution in [0.4, 0.5) is 0 Å². The van der Waals surface area contributed by atoms with Crippen molar-refractivity contribution in [1.29, 1.82) is 0 Å². The zero-order valence-electron chi connectivity index (χ0n) is 19.4. The fraction of sp³-hybridized carbons (Fsp3) is 0.276. The van der Waals surface area contributed by atoms with Crippen LogP contribution >= 0.6 is 0 Å². The highest BCUT2D eigenvalue weighted by atomic mass is 15.1. The number of unbranched alkanes of at least 4 members (excludes halogenated alkanes) is 2. The topological polar surface area (TPSA) is 34.6 Å². The summed E-state index contributed by atoms with van der Waals surface area (Å²) in [6.45, 7) is 6.57. The van der Waals surface area contributed by atoms with Crippen LogP contribution in [0.5, 0.6) is 0 Å². The lowest BCUT2D eigenvalue weighted by Crippen LogP contribution is -2.32. The van der Waals surface area contributed by atoms with E-state index >= 15 is 0 Å². The SMILES string of the molecule is CCCCn1c[n+](CCCC)c2cc3nc4c5ccccc5c5ccccc5c4nc3cc21. The predicted molar refractivity (Wildman–Crippen MR) is 138 cm³/mol. The summed E-state index contributed by atoms with van der Waals surface area (Å²) in [6, 6.07) is 21.6. The van der Waals surface area contributed by atoms with E-state index in [9.17, 15) is 0 Å². The molecule has 0 radical (unpaired) electrons. The van der Waals surface area contributed by atoms with Crippen LogP contribution in [0.25, 0.3) is 54.6 Å². The van der Waals surface area contributed by atoms with E-state index in [1.165, 1.54) is 58.3 Å². The molecule has 2 aromatic heterocycles. The number of hydrogen-bond donors (Lipinski definition) is 0. The number of imidazole rings is 1. The van der Waals surface area contributed by atoms with Crippen molar-refractivity contribution in [2.24, 2.45) is 0 Å². The molecule has 0 saturated heterocycles. The van der Waals surface area contributed by atoms with E-state index in [4.69, 9.17) is 9.97 Å². The minimum absolute atomic E-state index is 0.967. The number of aryl methyl sites for hydroxylation is 2. The Labute approximate surface area is 193 Å². The molecule has 0 N–H and O–H groups in total. The first kappa shape index (κ1) is 20.1. The highest BCUT2D eigenvalue weighted by Gasteiger charge is 2.19. The summed E-state index contributed by atoms with van der Waals surface area (Å²) in [5.41, 5.74) is 6.42. The van der Waals surface area contributed by atoms with E-state index < -0.39 is 0 Å². The molecule has 0 amide bonds. The third-order valence-corrected chi connectivity index (χ3v) is 6.82. The second kappa shape index (κ2) is 8.11. The second-order valence-electron chi connectivity index (χ2n) is 9.05. The number of aromatic nitrogens is 4. The molecule has 4 aromatic carbocycles. The van der Waals surface area contributed by atoms with E-state index in [-0.39, 0.29) is 0 Å². The molecular formula is C29H29N4+. The molecule has 4 nitrogen and oxygen atoms in total. The van der Waals surface area contributed by atoms with Crippen molar-refractivity contribution < 1.29 is 4.57 Å². The fourth-order valence-corrected chi connectivity index (χ4v) is 5.07. The Morgan fingerprint density at radius 2 is 1.30 bits per heavy atom. The van der Waals surface area contributed by atoms with E-state index in [2.05, 4.69) is 90.0 Å². The van der Waals surface area contributed by atoms with Gasteiger partial charge in [-0.15, -0.1) is 0 Å². The van der Waals surface area contributed by atoms with Gasteiger partial charge in [0, 0.05) is 22.9 Å². The highest BCUT2D eigenvalue weighted by Crippen LogP contribution is 2.34. The van der Waals surface area contributed by atoms with E-state index in [0.717, 1.165) is 35.2 Å². The van der Waals surface area contributed by atoms with Crippen LogP contribution in [0.2, 0.25) is 0 Å². The lowest BCUT2D eigenvalue weighted by molar-refractivity contribution is -0.672. The van der Waals surface area contributed by atoms with Gasteiger partial charge in [0.2, 0.25) is 6.33 Å². The Bertz CT molecular complexity index is 1520. The summed E-state index contributed by atoms with van der Waals surface area (Å²) in [7, 11) is 0. The van der Waals surface area contributed by atoms with Crippen LogP contribution in [-0.2, 0) is 13.1 Å². The quantitative estimate of drug-likeness (QED) is 0.162. The lowest BCUT2D eigenvalue weighted by Gasteiger charge is -2.10.